The van der Waals surface area contributed by atoms with Gasteiger partial charge in [-0.05, 0) is 29.8 Å². The molecule has 62 valence electrons. The molecule has 0 saturated heterocycles. The van der Waals surface area contributed by atoms with E-state index in [1.165, 1.54) is 10.8 Å². The summed E-state index contributed by atoms with van der Waals surface area (Å²) in [4.78, 5) is 4.11. The highest BCUT2D eigenvalue weighted by molar-refractivity contribution is 5.39. The van der Waals surface area contributed by atoms with E-state index in [0.717, 1.165) is 5.22 Å². The highest BCUT2D eigenvalue weighted by Crippen LogP contribution is 1.80. The summed E-state index contributed by atoms with van der Waals surface area (Å²) in [5, 5.41) is 2.37. The quantitative estimate of drug-likeness (QED) is 0.599. The second-order valence-electron chi connectivity index (χ2n) is 2.65. The molecule has 0 aliphatic heterocycles. The van der Waals surface area contributed by atoms with E-state index in [0.29, 0.717) is 0 Å². The zero-order chi connectivity index (χ0) is 8.97. The van der Waals surface area contributed by atoms with E-state index >= 15 is 0 Å². The third-order valence-corrected chi connectivity index (χ3v) is 1.81. The Hall–Kier alpha value is -1.37. The summed E-state index contributed by atoms with van der Waals surface area (Å²) in [6.45, 7) is 7.74. The first-order valence-electron chi connectivity index (χ1n) is 3.99. The minimum Gasteiger partial charge on any atom is -0.264 e. The van der Waals surface area contributed by atoms with E-state index in [2.05, 4.69) is 24.6 Å². The molecule has 0 atom stereocenters. The van der Waals surface area contributed by atoms with Gasteiger partial charge >= 0.3 is 0 Å². The molecule has 0 unspecified atom stereocenters. The highest BCUT2D eigenvalue weighted by atomic mass is 14.6. The Morgan fingerprint density at radius 3 is 2.75 bits per heavy atom. The molecule has 12 heavy (non-hydrogen) atoms. The average Bonchev–Trinajstić information content (AvgIpc) is 2.09. The summed E-state index contributed by atoms with van der Waals surface area (Å²) in [6, 6.07) is 0. The van der Waals surface area contributed by atoms with Crippen LogP contribution in [0.25, 0.3) is 12.2 Å². The molecule has 0 aliphatic carbocycles. The summed E-state index contributed by atoms with van der Waals surface area (Å²) >= 11 is 0. The lowest BCUT2D eigenvalue weighted by Crippen LogP contribution is -2.27. The van der Waals surface area contributed by atoms with Crippen LogP contribution >= 0.6 is 0 Å². The maximum absolute atomic E-state index is 4.11. The number of nitrogens with zero attached hydrogens (tertiary/aromatic N) is 1. The molecule has 0 aromatic carbocycles. The predicted octanol–water partition coefficient (Wildman–Crippen LogP) is 1.16. The average molecular weight is 159 g/mol. The van der Waals surface area contributed by atoms with Crippen molar-refractivity contribution in [3.8, 4) is 0 Å². The molecule has 0 N–H and O–H groups in total. The molecule has 1 heteroatoms. The zero-order valence-corrected chi connectivity index (χ0v) is 7.54. The van der Waals surface area contributed by atoms with E-state index in [1.54, 1.807) is 6.08 Å². The number of aryl methyl sites for hydroxylation is 1. The molecule has 0 saturated carbocycles. The molecule has 0 amide bonds. The summed E-state index contributed by atoms with van der Waals surface area (Å²) in [5.41, 5.74) is 1.19. The normalized spacial score (nSPS) is 13.5. The van der Waals surface area contributed by atoms with Gasteiger partial charge in [-0.1, -0.05) is 24.8 Å². The lowest BCUT2D eigenvalue weighted by molar-refractivity contribution is 1.21. The van der Waals surface area contributed by atoms with Crippen LogP contribution in [-0.2, 0) is 0 Å². The van der Waals surface area contributed by atoms with Gasteiger partial charge in [0.25, 0.3) is 0 Å². The largest absolute Gasteiger partial charge is 0.264 e. The van der Waals surface area contributed by atoms with E-state index in [1.807, 2.05) is 25.4 Å². The van der Waals surface area contributed by atoms with Gasteiger partial charge in [-0.15, -0.1) is 0 Å². The van der Waals surface area contributed by atoms with Crippen LogP contribution in [0.3, 0.4) is 0 Å². The van der Waals surface area contributed by atoms with Crippen LogP contribution in [0, 0.1) is 6.92 Å². The van der Waals surface area contributed by atoms with E-state index in [-0.39, 0.29) is 0 Å². The number of allylic oxidation sites excluding steroid dienone is 1. The number of aromatic nitrogens is 1. The number of pyridine rings is 1. The Morgan fingerprint density at radius 2 is 2.17 bits per heavy atom. The summed E-state index contributed by atoms with van der Waals surface area (Å²) in [6.07, 6.45) is 9.58. The lowest BCUT2D eigenvalue weighted by Gasteiger charge is -1.93. The highest BCUT2D eigenvalue weighted by Gasteiger charge is 1.87. The first-order valence-corrected chi connectivity index (χ1v) is 3.99. The predicted molar refractivity (Wildman–Crippen MR) is 53.0 cm³/mol. The van der Waals surface area contributed by atoms with Gasteiger partial charge in [-0.3, -0.25) is 4.98 Å². The molecule has 1 heterocycles. The summed E-state index contributed by atoms with van der Waals surface area (Å²) in [5.74, 6) is 0. The van der Waals surface area contributed by atoms with Crippen molar-refractivity contribution < 1.29 is 0 Å². The topological polar surface area (TPSA) is 12.9 Å². The summed E-state index contributed by atoms with van der Waals surface area (Å²) in [7, 11) is 0. The third-order valence-electron chi connectivity index (χ3n) is 1.81. The van der Waals surface area contributed by atoms with Gasteiger partial charge in [0.15, 0.2) is 0 Å². The molecule has 1 aromatic rings. The maximum Gasteiger partial charge on any atom is 0.0343 e. The van der Waals surface area contributed by atoms with Crippen LogP contribution in [0.2, 0.25) is 0 Å². The number of hydrogen-bond donors (Lipinski definition) is 0. The fourth-order valence-electron chi connectivity index (χ4n) is 1.17. The standard InChI is InChI=1S/C11H13N/c1-4-6-11-9(3)7-12-8-10(11)5-2/h4-8H,1H2,2-3H3/b10-5-,11-6-. The van der Waals surface area contributed by atoms with E-state index < -0.39 is 0 Å². The van der Waals surface area contributed by atoms with Crippen LogP contribution in [0.1, 0.15) is 12.5 Å². The minimum absolute atomic E-state index is 1.16. The van der Waals surface area contributed by atoms with Gasteiger partial charge in [-0.2, -0.15) is 0 Å². The fourth-order valence-corrected chi connectivity index (χ4v) is 1.17. The van der Waals surface area contributed by atoms with Crippen LogP contribution < -0.4 is 10.4 Å². The van der Waals surface area contributed by atoms with E-state index in [4.69, 9.17) is 0 Å². The van der Waals surface area contributed by atoms with Crippen molar-refractivity contribution in [2.45, 2.75) is 13.8 Å². The van der Waals surface area contributed by atoms with Gasteiger partial charge in [0, 0.05) is 12.4 Å². The third kappa shape index (κ3) is 1.62. The monoisotopic (exact) mass is 159 g/mol. The zero-order valence-electron chi connectivity index (χ0n) is 7.54. The molecular formula is C11H13N. The summed E-state index contributed by atoms with van der Waals surface area (Å²) < 4.78 is 0. The SMILES string of the molecule is C=C/C=c1/c(C)cnc/c1=C/C. The van der Waals surface area contributed by atoms with Crippen LogP contribution in [-0.4, -0.2) is 4.98 Å². The van der Waals surface area contributed by atoms with Crippen molar-refractivity contribution in [3.05, 3.63) is 41.0 Å². The Kier molecular flexibility index (Phi) is 2.81. The maximum atomic E-state index is 4.11. The van der Waals surface area contributed by atoms with E-state index in [9.17, 15) is 0 Å². The van der Waals surface area contributed by atoms with Crippen molar-refractivity contribution >= 4 is 12.2 Å². The van der Waals surface area contributed by atoms with Crippen molar-refractivity contribution in [2.75, 3.05) is 0 Å². The molecule has 0 fully saturated rings. The van der Waals surface area contributed by atoms with Crippen LogP contribution in [0.4, 0.5) is 0 Å². The Morgan fingerprint density at radius 1 is 1.42 bits per heavy atom. The van der Waals surface area contributed by atoms with Gasteiger partial charge in [0.05, 0.1) is 0 Å². The smallest absolute Gasteiger partial charge is 0.0343 e. The van der Waals surface area contributed by atoms with Gasteiger partial charge in [-0.25, -0.2) is 0 Å². The van der Waals surface area contributed by atoms with Crippen molar-refractivity contribution in [2.24, 2.45) is 0 Å². The second-order valence-corrected chi connectivity index (χ2v) is 2.65. The Bertz CT molecular complexity index is 388. The van der Waals surface area contributed by atoms with Crippen LogP contribution in [0.15, 0.2) is 25.0 Å². The van der Waals surface area contributed by atoms with Crippen LogP contribution in [0.5, 0.6) is 0 Å². The molecule has 1 nitrogen and oxygen atoms in total. The van der Waals surface area contributed by atoms with Crippen molar-refractivity contribution in [1.29, 1.82) is 0 Å². The fraction of sp³-hybridized carbons (Fsp3) is 0.182. The number of rotatable bonds is 1. The molecule has 0 bridgehead atoms. The van der Waals surface area contributed by atoms with Crippen molar-refractivity contribution in [1.82, 2.24) is 4.98 Å². The first kappa shape index (κ1) is 8.72. The van der Waals surface area contributed by atoms with Crippen molar-refractivity contribution in [3.63, 3.8) is 0 Å². The molecule has 0 radical (unpaired) electrons. The molecule has 1 aromatic heterocycles. The molecular weight excluding hydrogens is 146 g/mol. The lowest BCUT2D eigenvalue weighted by atomic mass is 10.2. The number of hydrogen-bond acceptors (Lipinski definition) is 1. The van der Waals surface area contributed by atoms with Gasteiger partial charge < -0.3 is 0 Å². The molecule has 0 aliphatic rings. The molecule has 1 rings (SSSR count). The minimum atomic E-state index is 1.16. The Labute approximate surface area is 72.8 Å². The van der Waals surface area contributed by atoms with Gasteiger partial charge in [0.2, 0.25) is 0 Å². The molecule has 0 spiro atoms. The van der Waals surface area contributed by atoms with Gasteiger partial charge in [0.1, 0.15) is 0 Å². The first-order chi connectivity index (χ1) is 5.79. The second kappa shape index (κ2) is 3.86. The Balaban J connectivity index is 3.63.